The molecule has 7 heteroatoms. The second-order valence-electron chi connectivity index (χ2n) is 3.80. The quantitative estimate of drug-likeness (QED) is 0.774. The zero-order chi connectivity index (χ0) is 13.4. The van der Waals surface area contributed by atoms with Crippen LogP contribution in [-0.2, 0) is 0 Å². The highest BCUT2D eigenvalue weighted by molar-refractivity contribution is 6.33. The van der Waals surface area contributed by atoms with E-state index in [0.717, 1.165) is 0 Å². The lowest BCUT2D eigenvalue weighted by molar-refractivity contribution is 0.0687. The van der Waals surface area contributed by atoms with Gasteiger partial charge in [-0.15, -0.1) is 0 Å². The molecule has 0 unspecified atom stereocenters. The number of fused-ring (bicyclic) bond motifs is 1. The molecule has 0 bridgehead atoms. The van der Waals surface area contributed by atoms with Crippen LogP contribution in [0.4, 0.5) is 0 Å². The summed E-state index contributed by atoms with van der Waals surface area (Å²) in [5.41, 5.74) is 1.50. The van der Waals surface area contributed by atoms with Gasteiger partial charge in [0.2, 0.25) is 0 Å². The van der Waals surface area contributed by atoms with Crippen LogP contribution in [-0.4, -0.2) is 30.7 Å². The van der Waals surface area contributed by atoms with Crippen LogP contribution >= 0.6 is 11.6 Å². The molecule has 3 heterocycles. The predicted octanol–water partition coefficient (Wildman–Crippen LogP) is 2.14. The van der Waals surface area contributed by atoms with Gasteiger partial charge in [-0.1, -0.05) is 11.6 Å². The molecule has 0 radical (unpaired) electrons. The number of halogens is 1. The standard InChI is InChI=1S/C12H7ClN4O2/c13-8-6-15-17-10(12(18)19)4-9(16-11(8)17)7-2-1-3-14-5-7/h1-6H,(H,18,19). The van der Waals surface area contributed by atoms with Gasteiger partial charge in [-0.3, -0.25) is 4.98 Å². The molecular formula is C12H7ClN4O2. The lowest BCUT2D eigenvalue weighted by Gasteiger charge is -2.04. The van der Waals surface area contributed by atoms with Crippen LogP contribution in [0.3, 0.4) is 0 Å². The summed E-state index contributed by atoms with van der Waals surface area (Å²) < 4.78 is 1.20. The maximum Gasteiger partial charge on any atom is 0.354 e. The first kappa shape index (κ1) is 11.6. The first-order valence-corrected chi connectivity index (χ1v) is 5.72. The zero-order valence-corrected chi connectivity index (χ0v) is 10.2. The van der Waals surface area contributed by atoms with E-state index in [1.165, 1.54) is 16.8 Å². The molecule has 6 nitrogen and oxygen atoms in total. The Morgan fingerprint density at radius 2 is 2.21 bits per heavy atom. The smallest absolute Gasteiger partial charge is 0.354 e. The topological polar surface area (TPSA) is 80.4 Å². The molecular weight excluding hydrogens is 268 g/mol. The van der Waals surface area contributed by atoms with E-state index in [-0.39, 0.29) is 5.69 Å². The maximum absolute atomic E-state index is 11.3. The maximum atomic E-state index is 11.3. The number of aromatic nitrogens is 4. The van der Waals surface area contributed by atoms with Gasteiger partial charge in [-0.05, 0) is 18.2 Å². The largest absolute Gasteiger partial charge is 0.477 e. The summed E-state index contributed by atoms with van der Waals surface area (Å²) in [5.74, 6) is -1.10. The fraction of sp³-hybridized carbons (Fsp3) is 0. The number of hydrogen-bond donors (Lipinski definition) is 1. The fourth-order valence-corrected chi connectivity index (χ4v) is 1.92. The molecule has 94 valence electrons. The summed E-state index contributed by atoms with van der Waals surface area (Å²) >= 11 is 5.95. The van der Waals surface area contributed by atoms with Gasteiger partial charge in [0.15, 0.2) is 11.3 Å². The highest BCUT2D eigenvalue weighted by atomic mass is 35.5. The molecule has 3 rings (SSSR count). The predicted molar refractivity (Wildman–Crippen MR) is 68.2 cm³/mol. The van der Waals surface area contributed by atoms with Crippen molar-refractivity contribution in [3.8, 4) is 11.3 Å². The van der Waals surface area contributed by atoms with Gasteiger partial charge in [0.05, 0.1) is 11.9 Å². The summed E-state index contributed by atoms with van der Waals surface area (Å²) in [7, 11) is 0. The highest BCUT2D eigenvalue weighted by Gasteiger charge is 2.15. The molecule has 3 aromatic heterocycles. The molecule has 0 atom stereocenters. The van der Waals surface area contributed by atoms with Crippen LogP contribution in [0.2, 0.25) is 5.02 Å². The lowest BCUT2D eigenvalue weighted by Crippen LogP contribution is -2.08. The van der Waals surface area contributed by atoms with Crippen LogP contribution in [0, 0.1) is 0 Å². The number of carboxylic acid groups (broad SMARTS) is 1. The van der Waals surface area contributed by atoms with Gasteiger partial charge < -0.3 is 5.11 Å². The molecule has 0 aliphatic rings. The first-order chi connectivity index (χ1) is 9.16. The van der Waals surface area contributed by atoms with Gasteiger partial charge >= 0.3 is 5.97 Å². The van der Waals surface area contributed by atoms with Crippen molar-refractivity contribution >= 4 is 23.2 Å². The number of carbonyl (C=O) groups is 1. The minimum Gasteiger partial charge on any atom is -0.477 e. The number of carboxylic acids is 1. The van der Waals surface area contributed by atoms with Crippen LogP contribution in [0.15, 0.2) is 36.8 Å². The summed E-state index contributed by atoms with van der Waals surface area (Å²) in [5, 5.41) is 13.4. The summed E-state index contributed by atoms with van der Waals surface area (Å²) in [4.78, 5) is 19.6. The van der Waals surface area contributed by atoms with Crippen LogP contribution in [0.5, 0.6) is 0 Å². The molecule has 0 spiro atoms. The van der Waals surface area contributed by atoms with E-state index in [1.807, 2.05) is 0 Å². The Balaban J connectivity index is 2.33. The van der Waals surface area contributed by atoms with Crippen LogP contribution < -0.4 is 0 Å². The third kappa shape index (κ3) is 1.92. The lowest BCUT2D eigenvalue weighted by atomic mass is 10.2. The van der Waals surface area contributed by atoms with E-state index in [2.05, 4.69) is 15.1 Å². The second-order valence-corrected chi connectivity index (χ2v) is 4.21. The molecule has 3 aromatic rings. The third-order valence-electron chi connectivity index (χ3n) is 2.61. The Kier molecular flexibility index (Phi) is 2.64. The summed E-state index contributed by atoms with van der Waals surface area (Å²) in [6, 6.07) is 4.98. The number of nitrogens with zero attached hydrogens (tertiary/aromatic N) is 4. The number of pyridine rings is 1. The Hall–Kier alpha value is -2.47. The Morgan fingerprint density at radius 1 is 1.37 bits per heavy atom. The molecule has 0 aliphatic carbocycles. The Labute approximate surface area is 112 Å². The normalized spacial score (nSPS) is 10.8. The van der Waals surface area contributed by atoms with Crippen molar-refractivity contribution < 1.29 is 9.90 Å². The molecule has 0 aromatic carbocycles. The molecule has 0 saturated carbocycles. The van der Waals surface area contributed by atoms with Gasteiger partial charge in [0, 0.05) is 18.0 Å². The average Bonchev–Trinajstić information content (AvgIpc) is 2.80. The minimum atomic E-state index is -1.10. The van der Waals surface area contributed by atoms with E-state index >= 15 is 0 Å². The number of aromatic carboxylic acids is 1. The van der Waals surface area contributed by atoms with Gasteiger partial charge in [0.1, 0.15) is 5.02 Å². The van der Waals surface area contributed by atoms with Gasteiger partial charge in [-0.2, -0.15) is 5.10 Å². The van der Waals surface area contributed by atoms with Crippen molar-refractivity contribution in [1.82, 2.24) is 19.6 Å². The van der Waals surface area contributed by atoms with Gasteiger partial charge in [0.25, 0.3) is 0 Å². The Bertz CT molecular complexity index is 770. The van der Waals surface area contributed by atoms with Crippen molar-refractivity contribution in [1.29, 1.82) is 0 Å². The fourth-order valence-electron chi connectivity index (χ4n) is 1.75. The molecule has 19 heavy (non-hydrogen) atoms. The van der Waals surface area contributed by atoms with E-state index in [9.17, 15) is 9.90 Å². The van der Waals surface area contributed by atoms with Crippen molar-refractivity contribution in [2.45, 2.75) is 0 Å². The molecule has 1 N–H and O–H groups in total. The number of rotatable bonds is 2. The zero-order valence-electron chi connectivity index (χ0n) is 9.49. The van der Waals surface area contributed by atoms with Crippen molar-refractivity contribution in [2.24, 2.45) is 0 Å². The first-order valence-electron chi connectivity index (χ1n) is 5.35. The molecule has 0 amide bonds. The third-order valence-corrected chi connectivity index (χ3v) is 2.87. The van der Waals surface area contributed by atoms with Crippen molar-refractivity contribution in [2.75, 3.05) is 0 Å². The van der Waals surface area contributed by atoms with Gasteiger partial charge in [-0.25, -0.2) is 14.3 Å². The van der Waals surface area contributed by atoms with Crippen LogP contribution in [0.25, 0.3) is 16.9 Å². The average molecular weight is 275 g/mol. The van der Waals surface area contributed by atoms with Crippen molar-refractivity contribution in [3.63, 3.8) is 0 Å². The van der Waals surface area contributed by atoms with E-state index in [1.54, 1.807) is 24.5 Å². The van der Waals surface area contributed by atoms with Crippen molar-refractivity contribution in [3.05, 3.63) is 47.5 Å². The minimum absolute atomic E-state index is 0.00393. The SMILES string of the molecule is O=C(O)c1cc(-c2cccnc2)nc2c(Cl)cnn12. The van der Waals surface area contributed by atoms with E-state index < -0.39 is 5.97 Å². The summed E-state index contributed by atoms with van der Waals surface area (Å²) in [6.07, 6.45) is 4.60. The van der Waals surface area contributed by atoms with E-state index in [4.69, 9.17) is 11.6 Å². The van der Waals surface area contributed by atoms with E-state index in [0.29, 0.717) is 21.9 Å². The molecule has 0 fully saturated rings. The second kappa shape index (κ2) is 4.33. The van der Waals surface area contributed by atoms with Crippen LogP contribution in [0.1, 0.15) is 10.5 Å². The highest BCUT2D eigenvalue weighted by Crippen LogP contribution is 2.22. The monoisotopic (exact) mass is 274 g/mol. The Morgan fingerprint density at radius 3 is 2.89 bits per heavy atom. The molecule has 0 aliphatic heterocycles. The number of hydrogen-bond acceptors (Lipinski definition) is 4. The molecule has 0 saturated heterocycles. The summed E-state index contributed by atoms with van der Waals surface area (Å²) in [6.45, 7) is 0.